The predicted molar refractivity (Wildman–Crippen MR) is 90.2 cm³/mol. The Hall–Kier alpha value is -1.68. The second-order valence-corrected chi connectivity index (χ2v) is 7.02. The molecule has 1 aromatic carbocycles. The highest BCUT2D eigenvalue weighted by molar-refractivity contribution is 5.91. The average Bonchev–Trinajstić information content (AvgIpc) is 2.96. The highest BCUT2D eigenvalue weighted by Gasteiger charge is 2.39. The van der Waals surface area contributed by atoms with Gasteiger partial charge in [0.15, 0.2) is 0 Å². The third-order valence-corrected chi connectivity index (χ3v) is 5.29. The molecule has 0 amide bonds. The lowest BCUT2D eigenvalue weighted by atomic mass is 9.88. The van der Waals surface area contributed by atoms with E-state index in [1.165, 1.54) is 31.7 Å². The summed E-state index contributed by atoms with van der Waals surface area (Å²) in [6.07, 6.45) is 6.95. The van der Waals surface area contributed by atoms with Gasteiger partial charge in [0.05, 0.1) is 5.60 Å². The van der Waals surface area contributed by atoms with Crippen molar-refractivity contribution in [2.24, 2.45) is 0 Å². The molecule has 4 rings (SSSR count). The molecule has 23 heavy (non-hydrogen) atoms. The molecule has 2 fully saturated rings. The molecule has 1 aromatic heterocycles. The van der Waals surface area contributed by atoms with Crippen LogP contribution in [0.1, 0.15) is 44.2 Å². The minimum absolute atomic E-state index is 0.0824. The first-order chi connectivity index (χ1) is 11.2. The number of aromatic nitrogens is 1. The van der Waals surface area contributed by atoms with E-state index >= 15 is 0 Å². The van der Waals surface area contributed by atoms with Gasteiger partial charge in [0.2, 0.25) is 0 Å². The van der Waals surface area contributed by atoms with E-state index in [-0.39, 0.29) is 11.4 Å². The third kappa shape index (κ3) is 2.80. The fraction of sp³-hybridized carbons (Fsp3) is 0.526. The first kappa shape index (κ1) is 14.9. The maximum absolute atomic E-state index is 14.1. The number of hydrogen-bond acceptors (Lipinski definition) is 3. The maximum Gasteiger partial charge on any atom is 0.149 e. The van der Waals surface area contributed by atoms with Gasteiger partial charge in [0, 0.05) is 29.4 Å². The molecule has 1 aliphatic heterocycles. The number of halogens is 1. The van der Waals surface area contributed by atoms with Crippen molar-refractivity contribution >= 4 is 16.6 Å². The van der Waals surface area contributed by atoms with Crippen LogP contribution in [0.5, 0.6) is 0 Å². The summed E-state index contributed by atoms with van der Waals surface area (Å²) < 4.78 is 20.2. The van der Waals surface area contributed by atoms with Crippen molar-refractivity contribution in [3.8, 4) is 0 Å². The molecule has 4 heteroatoms. The van der Waals surface area contributed by atoms with Crippen molar-refractivity contribution in [2.45, 2.75) is 57.1 Å². The number of benzene rings is 1. The molecule has 1 saturated heterocycles. The normalized spacial score (nSPS) is 23.5. The molecule has 122 valence electrons. The summed E-state index contributed by atoms with van der Waals surface area (Å²) in [5.41, 5.74) is 2.37. The quantitative estimate of drug-likeness (QED) is 0.880. The topological polar surface area (TPSA) is 34.1 Å². The van der Waals surface area contributed by atoms with Gasteiger partial charge in [-0.2, -0.15) is 0 Å². The lowest BCUT2D eigenvalue weighted by Crippen LogP contribution is -2.42. The van der Waals surface area contributed by atoms with Crippen LogP contribution in [0.15, 0.2) is 24.3 Å². The standard InChI is InChI=1S/C19H23FN2O/c1-13-11-17(15-5-4-6-16(20)18(15)21-13)22-14-7-10-23-19(12-14)8-2-3-9-19/h4-6,11,14H,2-3,7-10,12H2,1H3,(H,21,22). The monoisotopic (exact) mass is 314 g/mol. The molecule has 0 radical (unpaired) electrons. The molecule has 1 N–H and O–H groups in total. The zero-order valence-corrected chi connectivity index (χ0v) is 13.6. The van der Waals surface area contributed by atoms with Crippen molar-refractivity contribution in [2.75, 3.05) is 11.9 Å². The lowest BCUT2D eigenvalue weighted by molar-refractivity contribution is -0.0766. The number of anilines is 1. The number of ether oxygens (including phenoxy) is 1. The van der Waals surface area contributed by atoms with E-state index in [0.717, 1.165) is 36.2 Å². The largest absolute Gasteiger partial charge is 0.382 e. The second kappa shape index (κ2) is 5.75. The molecule has 0 bridgehead atoms. The first-order valence-electron chi connectivity index (χ1n) is 8.62. The summed E-state index contributed by atoms with van der Waals surface area (Å²) in [6, 6.07) is 7.58. The van der Waals surface area contributed by atoms with E-state index in [0.29, 0.717) is 11.6 Å². The molecular formula is C19H23FN2O. The van der Waals surface area contributed by atoms with Gasteiger partial charge in [-0.15, -0.1) is 0 Å². The van der Waals surface area contributed by atoms with Crippen LogP contribution in [0.2, 0.25) is 0 Å². The van der Waals surface area contributed by atoms with E-state index in [1.807, 2.05) is 19.1 Å². The Morgan fingerprint density at radius 3 is 2.96 bits per heavy atom. The lowest BCUT2D eigenvalue weighted by Gasteiger charge is -2.39. The Bertz CT molecular complexity index is 725. The molecule has 1 spiro atoms. The van der Waals surface area contributed by atoms with Crippen LogP contribution in [0.4, 0.5) is 10.1 Å². The van der Waals surface area contributed by atoms with Crippen molar-refractivity contribution in [1.29, 1.82) is 0 Å². The van der Waals surface area contributed by atoms with Crippen LogP contribution in [-0.4, -0.2) is 23.2 Å². The minimum atomic E-state index is -0.256. The highest BCUT2D eigenvalue weighted by atomic mass is 19.1. The molecule has 1 atom stereocenters. The summed E-state index contributed by atoms with van der Waals surface area (Å²) in [5, 5.41) is 4.52. The molecule has 2 heterocycles. The van der Waals surface area contributed by atoms with E-state index in [1.54, 1.807) is 6.07 Å². The van der Waals surface area contributed by atoms with E-state index < -0.39 is 0 Å². The molecule has 1 aliphatic carbocycles. The number of pyridine rings is 1. The summed E-state index contributed by atoms with van der Waals surface area (Å²) in [7, 11) is 0. The Kier molecular flexibility index (Phi) is 3.72. The Labute approximate surface area is 136 Å². The summed E-state index contributed by atoms with van der Waals surface area (Å²) in [5.74, 6) is -0.256. The molecule has 2 aliphatic rings. The number of fused-ring (bicyclic) bond motifs is 1. The summed E-state index contributed by atoms with van der Waals surface area (Å²) in [4.78, 5) is 4.36. The van der Waals surface area contributed by atoms with Crippen molar-refractivity contribution in [1.82, 2.24) is 4.98 Å². The van der Waals surface area contributed by atoms with Gasteiger partial charge in [-0.25, -0.2) is 9.37 Å². The molecule has 3 nitrogen and oxygen atoms in total. The van der Waals surface area contributed by atoms with Gasteiger partial charge in [0.1, 0.15) is 11.3 Å². The minimum Gasteiger partial charge on any atom is -0.382 e. The summed E-state index contributed by atoms with van der Waals surface area (Å²) in [6.45, 7) is 2.73. The number of para-hydroxylation sites is 1. The number of rotatable bonds is 2. The average molecular weight is 314 g/mol. The van der Waals surface area contributed by atoms with Crippen molar-refractivity contribution in [3.05, 3.63) is 35.8 Å². The maximum atomic E-state index is 14.1. The predicted octanol–water partition coefficient (Wildman–Crippen LogP) is 4.59. The van der Waals surface area contributed by atoms with Crippen LogP contribution in [0, 0.1) is 12.7 Å². The van der Waals surface area contributed by atoms with Crippen LogP contribution in [-0.2, 0) is 4.74 Å². The van der Waals surface area contributed by atoms with Crippen molar-refractivity contribution in [3.63, 3.8) is 0 Å². The summed E-state index contributed by atoms with van der Waals surface area (Å²) >= 11 is 0. The molecule has 2 aromatic rings. The van der Waals surface area contributed by atoms with Gasteiger partial charge in [-0.05, 0) is 44.7 Å². The van der Waals surface area contributed by atoms with Crippen LogP contribution in [0.25, 0.3) is 10.9 Å². The zero-order chi connectivity index (χ0) is 15.9. The number of aryl methyl sites for hydroxylation is 1. The van der Waals surface area contributed by atoms with Crippen molar-refractivity contribution < 1.29 is 9.13 Å². The van der Waals surface area contributed by atoms with E-state index in [2.05, 4.69) is 10.3 Å². The van der Waals surface area contributed by atoms with Gasteiger partial charge < -0.3 is 10.1 Å². The zero-order valence-electron chi connectivity index (χ0n) is 13.6. The molecular weight excluding hydrogens is 291 g/mol. The van der Waals surface area contributed by atoms with Gasteiger partial charge in [-0.3, -0.25) is 0 Å². The fourth-order valence-corrected chi connectivity index (χ4v) is 4.20. The third-order valence-electron chi connectivity index (χ3n) is 5.29. The van der Waals surface area contributed by atoms with E-state index in [9.17, 15) is 4.39 Å². The van der Waals surface area contributed by atoms with Gasteiger partial charge in [0.25, 0.3) is 0 Å². The fourth-order valence-electron chi connectivity index (χ4n) is 4.20. The number of nitrogens with one attached hydrogen (secondary N) is 1. The Morgan fingerprint density at radius 2 is 2.13 bits per heavy atom. The second-order valence-electron chi connectivity index (χ2n) is 7.02. The Morgan fingerprint density at radius 1 is 1.30 bits per heavy atom. The van der Waals surface area contributed by atoms with Crippen LogP contribution in [0.3, 0.4) is 0 Å². The smallest absolute Gasteiger partial charge is 0.149 e. The first-order valence-corrected chi connectivity index (χ1v) is 8.62. The van der Waals surface area contributed by atoms with Gasteiger partial charge >= 0.3 is 0 Å². The molecule has 1 unspecified atom stereocenters. The SMILES string of the molecule is Cc1cc(NC2CCOC3(CCCC3)C2)c2cccc(F)c2n1. The van der Waals surface area contributed by atoms with Crippen LogP contribution >= 0.6 is 0 Å². The van der Waals surface area contributed by atoms with Gasteiger partial charge in [-0.1, -0.05) is 25.0 Å². The Balaban J connectivity index is 1.63. The van der Waals surface area contributed by atoms with Crippen LogP contribution < -0.4 is 5.32 Å². The van der Waals surface area contributed by atoms with E-state index in [4.69, 9.17) is 4.74 Å². The molecule has 1 saturated carbocycles. The highest BCUT2D eigenvalue weighted by Crippen LogP contribution is 2.41. The number of hydrogen-bond donors (Lipinski definition) is 1. The number of nitrogens with zero attached hydrogens (tertiary/aromatic N) is 1.